The lowest BCUT2D eigenvalue weighted by molar-refractivity contribution is 0.437. The molecule has 2 rings (SSSR count). The van der Waals surface area contributed by atoms with Gasteiger partial charge in [0, 0.05) is 12.8 Å². The van der Waals surface area contributed by atoms with Crippen LogP contribution >= 0.6 is 0 Å². The number of hydrogen-bond donors (Lipinski definition) is 0. The van der Waals surface area contributed by atoms with Crippen molar-refractivity contribution in [1.82, 2.24) is 0 Å². The van der Waals surface area contributed by atoms with Gasteiger partial charge in [-0.05, 0) is 24.3 Å². The highest BCUT2D eigenvalue weighted by molar-refractivity contribution is 5.33. The summed E-state index contributed by atoms with van der Waals surface area (Å²) in [6.45, 7) is 0.413. The van der Waals surface area contributed by atoms with Crippen molar-refractivity contribution in [2.45, 2.75) is 25.9 Å². The van der Waals surface area contributed by atoms with Crippen LogP contribution in [-0.4, -0.2) is 12.2 Å². The molecule has 0 spiro atoms. The Kier molecular flexibility index (Phi) is 4.84. The largest absolute Gasteiger partial charge is 0.464 e. The van der Waals surface area contributed by atoms with E-state index in [1.807, 2.05) is 12.1 Å². The van der Waals surface area contributed by atoms with Crippen LogP contribution in [0.25, 0.3) is 0 Å². The summed E-state index contributed by atoms with van der Waals surface area (Å²) in [5.74, 6) is 2.85. The molecular formula is C14H12N2O4. The molecule has 2 heterocycles. The third-order valence-corrected chi connectivity index (χ3v) is 2.65. The van der Waals surface area contributed by atoms with Crippen molar-refractivity contribution in [3.8, 4) is 0 Å². The average molecular weight is 272 g/mol. The molecule has 0 radical (unpaired) electrons. The third kappa shape index (κ3) is 3.92. The van der Waals surface area contributed by atoms with Crippen LogP contribution in [0, 0.1) is 0 Å². The molecule has 0 aliphatic rings. The van der Waals surface area contributed by atoms with E-state index in [1.165, 1.54) is 12.2 Å². The van der Waals surface area contributed by atoms with Crippen LogP contribution in [0.2, 0.25) is 0 Å². The Balaban J connectivity index is 1.88. The van der Waals surface area contributed by atoms with Crippen LogP contribution in [0.15, 0.2) is 43.1 Å². The second-order valence-electron chi connectivity index (χ2n) is 4.05. The van der Waals surface area contributed by atoms with Gasteiger partial charge in [-0.1, -0.05) is 0 Å². The predicted molar refractivity (Wildman–Crippen MR) is 68.5 cm³/mol. The quantitative estimate of drug-likeness (QED) is 0.572. The number of furan rings is 2. The van der Waals surface area contributed by atoms with Gasteiger partial charge in [0.05, 0.1) is 0 Å². The Labute approximate surface area is 114 Å². The summed E-state index contributed by atoms with van der Waals surface area (Å²) in [6, 6.07) is 7.25. The summed E-state index contributed by atoms with van der Waals surface area (Å²) in [6.07, 6.45) is 4.28. The fraction of sp³-hybridized carbons (Fsp3) is 0.286. The number of carbonyl (C=O) groups excluding carboxylic acids is 2. The molecule has 0 aromatic carbocycles. The van der Waals surface area contributed by atoms with Crippen molar-refractivity contribution in [3.05, 3.63) is 47.3 Å². The molecule has 6 heteroatoms. The number of aliphatic imine (C=N–C) groups is 2. The second-order valence-corrected chi connectivity index (χ2v) is 4.05. The first-order valence-corrected chi connectivity index (χ1v) is 6.04. The molecule has 0 atom stereocenters. The van der Waals surface area contributed by atoms with Gasteiger partial charge in [0.15, 0.2) is 0 Å². The van der Waals surface area contributed by atoms with Gasteiger partial charge in [-0.15, -0.1) is 0 Å². The van der Waals surface area contributed by atoms with Crippen LogP contribution < -0.4 is 0 Å². The second kappa shape index (κ2) is 7.04. The first-order valence-electron chi connectivity index (χ1n) is 6.04. The Morgan fingerprint density at radius 3 is 1.55 bits per heavy atom. The SMILES string of the molecule is O=C=NCc1ccc(CCc2ccc(CN=C=O)o2)o1. The molecule has 2 aromatic rings. The molecule has 0 aliphatic heterocycles. The van der Waals surface area contributed by atoms with E-state index >= 15 is 0 Å². The van der Waals surface area contributed by atoms with Crippen molar-refractivity contribution in [3.63, 3.8) is 0 Å². The summed E-state index contributed by atoms with van der Waals surface area (Å²) in [5.41, 5.74) is 0. The average Bonchev–Trinajstić information content (AvgIpc) is 3.10. The Bertz CT molecular complexity index is 600. The topological polar surface area (TPSA) is 85.1 Å². The zero-order chi connectivity index (χ0) is 14.2. The third-order valence-electron chi connectivity index (χ3n) is 2.65. The summed E-state index contributed by atoms with van der Waals surface area (Å²) >= 11 is 0. The number of isocyanates is 2. The standard InChI is InChI=1S/C14H12N2O4/c17-9-15-7-13-5-3-11(19-13)1-2-12-4-6-14(20-12)8-16-10-18/h3-6H,1-2,7-8H2. The molecule has 0 unspecified atom stereocenters. The van der Waals surface area contributed by atoms with E-state index in [0.717, 1.165) is 11.5 Å². The first-order chi connectivity index (χ1) is 9.81. The molecule has 0 saturated heterocycles. The highest BCUT2D eigenvalue weighted by Gasteiger charge is 2.05. The summed E-state index contributed by atoms with van der Waals surface area (Å²) in [7, 11) is 0. The number of hydrogen-bond acceptors (Lipinski definition) is 6. The van der Waals surface area contributed by atoms with Gasteiger partial charge >= 0.3 is 0 Å². The maximum atomic E-state index is 10.00. The van der Waals surface area contributed by atoms with Crippen LogP contribution in [0.5, 0.6) is 0 Å². The van der Waals surface area contributed by atoms with Crippen molar-refractivity contribution < 1.29 is 18.4 Å². The molecule has 0 saturated carbocycles. The molecule has 0 aliphatic carbocycles. The highest BCUT2D eigenvalue weighted by atomic mass is 16.3. The maximum Gasteiger partial charge on any atom is 0.235 e. The zero-order valence-electron chi connectivity index (χ0n) is 10.7. The molecule has 6 nitrogen and oxygen atoms in total. The molecule has 0 bridgehead atoms. The first kappa shape index (κ1) is 13.7. The zero-order valence-corrected chi connectivity index (χ0v) is 10.7. The predicted octanol–water partition coefficient (Wildman–Crippen LogP) is 2.33. The van der Waals surface area contributed by atoms with Crippen LogP contribution in [-0.2, 0) is 35.5 Å². The minimum Gasteiger partial charge on any atom is -0.464 e. The normalized spacial score (nSPS) is 9.80. The monoisotopic (exact) mass is 272 g/mol. The molecule has 2 aromatic heterocycles. The van der Waals surface area contributed by atoms with Gasteiger partial charge in [0.25, 0.3) is 0 Å². The summed E-state index contributed by atoms with van der Waals surface area (Å²) in [4.78, 5) is 26.9. The molecule has 0 fully saturated rings. The molecule has 0 amide bonds. The van der Waals surface area contributed by atoms with Crippen molar-refractivity contribution in [1.29, 1.82) is 0 Å². The van der Waals surface area contributed by atoms with Crippen molar-refractivity contribution >= 4 is 12.2 Å². The van der Waals surface area contributed by atoms with E-state index in [0.29, 0.717) is 24.4 Å². The van der Waals surface area contributed by atoms with Gasteiger partial charge < -0.3 is 8.83 Å². The Morgan fingerprint density at radius 2 is 1.15 bits per heavy atom. The van der Waals surface area contributed by atoms with E-state index in [9.17, 15) is 9.59 Å². The number of rotatable bonds is 7. The molecule has 20 heavy (non-hydrogen) atoms. The van der Waals surface area contributed by atoms with E-state index in [2.05, 4.69) is 9.98 Å². The lowest BCUT2D eigenvalue weighted by Gasteiger charge is -1.95. The molecule has 102 valence electrons. The summed E-state index contributed by atoms with van der Waals surface area (Å²) < 4.78 is 11.0. The van der Waals surface area contributed by atoms with E-state index in [1.54, 1.807) is 12.1 Å². The van der Waals surface area contributed by atoms with E-state index in [-0.39, 0.29) is 13.1 Å². The molecule has 0 N–H and O–H groups in total. The van der Waals surface area contributed by atoms with Gasteiger partial charge in [-0.25, -0.2) is 9.59 Å². The number of aryl methyl sites for hydroxylation is 2. The fourth-order valence-electron chi connectivity index (χ4n) is 1.75. The van der Waals surface area contributed by atoms with Crippen LogP contribution in [0.3, 0.4) is 0 Å². The highest BCUT2D eigenvalue weighted by Crippen LogP contribution is 2.14. The van der Waals surface area contributed by atoms with Gasteiger partial charge in [-0.2, -0.15) is 9.98 Å². The molecular weight excluding hydrogens is 260 g/mol. The van der Waals surface area contributed by atoms with E-state index in [4.69, 9.17) is 8.83 Å². The Hall–Kier alpha value is -2.68. The Morgan fingerprint density at radius 1 is 0.750 bits per heavy atom. The maximum absolute atomic E-state index is 10.00. The smallest absolute Gasteiger partial charge is 0.235 e. The van der Waals surface area contributed by atoms with Crippen molar-refractivity contribution in [2.24, 2.45) is 9.98 Å². The van der Waals surface area contributed by atoms with Crippen LogP contribution in [0.4, 0.5) is 0 Å². The van der Waals surface area contributed by atoms with E-state index < -0.39 is 0 Å². The minimum atomic E-state index is 0.206. The van der Waals surface area contributed by atoms with Crippen LogP contribution in [0.1, 0.15) is 23.0 Å². The number of nitrogens with zero attached hydrogens (tertiary/aromatic N) is 2. The fourth-order valence-corrected chi connectivity index (χ4v) is 1.75. The lowest BCUT2D eigenvalue weighted by atomic mass is 10.2. The minimum absolute atomic E-state index is 0.206. The summed E-state index contributed by atoms with van der Waals surface area (Å²) in [5, 5.41) is 0. The van der Waals surface area contributed by atoms with Gasteiger partial charge in [-0.3, -0.25) is 0 Å². The van der Waals surface area contributed by atoms with Crippen molar-refractivity contribution in [2.75, 3.05) is 0 Å². The lowest BCUT2D eigenvalue weighted by Crippen LogP contribution is -1.87. The van der Waals surface area contributed by atoms with Gasteiger partial charge in [0.1, 0.15) is 36.1 Å². The van der Waals surface area contributed by atoms with Gasteiger partial charge in [0.2, 0.25) is 12.2 Å².